The average Bonchev–Trinajstić information content (AvgIpc) is 3.18. The van der Waals surface area contributed by atoms with Crippen LogP contribution in [0.5, 0.6) is 0 Å². The SMILES string of the molecule is O=C(CN[C@@H](c1ccccc1)C1CC1)NC1CCCC1. The molecule has 0 radical (unpaired) electrons. The van der Waals surface area contributed by atoms with E-state index in [0.717, 1.165) is 12.8 Å². The van der Waals surface area contributed by atoms with Crippen molar-refractivity contribution < 1.29 is 4.79 Å². The molecule has 3 rings (SSSR count). The minimum Gasteiger partial charge on any atom is -0.352 e. The topological polar surface area (TPSA) is 41.1 Å². The molecular formula is C17H24N2O. The van der Waals surface area contributed by atoms with E-state index >= 15 is 0 Å². The summed E-state index contributed by atoms with van der Waals surface area (Å²) < 4.78 is 0. The quantitative estimate of drug-likeness (QED) is 0.836. The van der Waals surface area contributed by atoms with E-state index in [4.69, 9.17) is 0 Å². The molecule has 1 aromatic carbocycles. The van der Waals surface area contributed by atoms with Gasteiger partial charge in [0.05, 0.1) is 6.54 Å². The first-order valence-corrected chi connectivity index (χ1v) is 7.90. The predicted molar refractivity (Wildman–Crippen MR) is 80.3 cm³/mol. The Morgan fingerprint density at radius 1 is 1.10 bits per heavy atom. The van der Waals surface area contributed by atoms with Crippen LogP contribution in [0.15, 0.2) is 30.3 Å². The number of rotatable bonds is 6. The molecule has 2 fully saturated rings. The Hall–Kier alpha value is -1.35. The molecule has 0 bridgehead atoms. The molecule has 2 aliphatic rings. The van der Waals surface area contributed by atoms with Crippen LogP contribution in [-0.4, -0.2) is 18.5 Å². The molecule has 3 nitrogen and oxygen atoms in total. The first-order chi connectivity index (χ1) is 9.83. The number of carbonyl (C=O) groups excluding carboxylic acids is 1. The van der Waals surface area contributed by atoms with Gasteiger partial charge in [-0.3, -0.25) is 4.79 Å². The van der Waals surface area contributed by atoms with Gasteiger partial charge in [-0.25, -0.2) is 0 Å². The van der Waals surface area contributed by atoms with Crippen LogP contribution in [0.3, 0.4) is 0 Å². The van der Waals surface area contributed by atoms with Crippen molar-refractivity contribution in [3.8, 4) is 0 Å². The molecule has 0 aromatic heterocycles. The van der Waals surface area contributed by atoms with Gasteiger partial charge >= 0.3 is 0 Å². The second-order valence-corrected chi connectivity index (χ2v) is 6.16. The van der Waals surface area contributed by atoms with Crippen LogP contribution in [0.1, 0.15) is 50.1 Å². The lowest BCUT2D eigenvalue weighted by Gasteiger charge is -2.19. The Labute approximate surface area is 121 Å². The summed E-state index contributed by atoms with van der Waals surface area (Å²) in [5.41, 5.74) is 1.31. The lowest BCUT2D eigenvalue weighted by molar-refractivity contribution is -0.121. The van der Waals surface area contributed by atoms with Crippen molar-refractivity contribution in [3.63, 3.8) is 0 Å². The highest BCUT2D eigenvalue weighted by atomic mass is 16.2. The first-order valence-electron chi connectivity index (χ1n) is 7.90. The molecule has 108 valence electrons. The van der Waals surface area contributed by atoms with Gasteiger partial charge < -0.3 is 10.6 Å². The van der Waals surface area contributed by atoms with Crippen LogP contribution in [-0.2, 0) is 4.79 Å². The van der Waals surface area contributed by atoms with Crippen LogP contribution in [0.2, 0.25) is 0 Å². The fourth-order valence-corrected chi connectivity index (χ4v) is 3.20. The minimum absolute atomic E-state index is 0.151. The Bertz CT molecular complexity index is 436. The highest BCUT2D eigenvalue weighted by Crippen LogP contribution is 2.40. The Balaban J connectivity index is 1.51. The molecule has 1 atom stereocenters. The van der Waals surface area contributed by atoms with E-state index < -0.39 is 0 Å². The van der Waals surface area contributed by atoms with Gasteiger partial charge in [0.1, 0.15) is 0 Å². The minimum atomic E-state index is 0.151. The van der Waals surface area contributed by atoms with Crippen molar-refractivity contribution in [2.24, 2.45) is 5.92 Å². The molecule has 1 amide bonds. The van der Waals surface area contributed by atoms with Crippen molar-refractivity contribution in [1.82, 2.24) is 10.6 Å². The third-order valence-corrected chi connectivity index (χ3v) is 4.45. The van der Waals surface area contributed by atoms with Gasteiger partial charge in [-0.2, -0.15) is 0 Å². The molecule has 2 N–H and O–H groups in total. The normalized spacial score (nSPS) is 20.8. The maximum absolute atomic E-state index is 12.0. The summed E-state index contributed by atoms with van der Waals surface area (Å²) in [6.07, 6.45) is 7.36. The van der Waals surface area contributed by atoms with Crippen LogP contribution in [0.4, 0.5) is 0 Å². The standard InChI is InChI=1S/C17H24N2O/c20-16(19-15-8-4-5-9-15)12-18-17(14-10-11-14)13-6-2-1-3-7-13/h1-3,6-7,14-15,17-18H,4-5,8-12H2,(H,19,20)/t17-/m0/s1. The largest absolute Gasteiger partial charge is 0.352 e. The Morgan fingerprint density at radius 2 is 1.80 bits per heavy atom. The van der Waals surface area contributed by atoms with Crippen LogP contribution < -0.4 is 10.6 Å². The van der Waals surface area contributed by atoms with E-state index in [9.17, 15) is 4.79 Å². The molecule has 2 saturated carbocycles. The number of hydrogen-bond donors (Lipinski definition) is 2. The van der Waals surface area contributed by atoms with Crippen molar-refractivity contribution in [2.45, 2.75) is 50.6 Å². The zero-order chi connectivity index (χ0) is 13.8. The lowest BCUT2D eigenvalue weighted by Crippen LogP contribution is -2.40. The van der Waals surface area contributed by atoms with Crippen LogP contribution in [0.25, 0.3) is 0 Å². The summed E-state index contributed by atoms with van der Waals surface area (Å²) in [6, 6.07) is 11.3. The van der Waals surface area contributed by atoms with Gasteiger partial charge in [-0.15, -0.1) is 0 Å². The van der Waals surface area contributed by atoms with Crippen molar-refractivity contribution in [1.29, 1.82) is 0 Å². The Kier molecular flexibility index (Phi) is 4.36. The van der Waals surface area contributed by atoms with Crippen molar-refractivity contribution in [3.05, 3.63) is 35.9 Å². The third kappa shape index (κ3) is 3.60. The maximum atomic E-state index is 12.0. The van der Waals surface area contributed by atoms with Crippen molar-refractivity contribution >= 4 is 5.91 Å². The number of amides is 1. The first kappa shape index (κ1) is 13.6. The Morgan fingerprint density at radius 3 is 2.45 bits per heavy atom. The van der Waals surface area contributed by atoms with Crippen LogP contribution in [0, 0.1) is 5.92 Å². The molecule has 0 heterocycles. The fraction of sp³-hybridized carbons (Fsp3) is 0.588. The number of nitrogens with one attached hydrogen (secondary N) is 2. The van der Waals surface area contributed by atoms with Gasteiger partial charge in [-0.1, -0.05) is 43.2 Å². The molecule has 3 heteroatoms. The van der Waals surface area contributed by atoms with Crippen LogP contribution >= 0.6 is 0 Å². The molecule has 0 saturated heterocycles. The van der Waals surface area contributed by atoms with E-state index in [1.807, 2.05) is 6.07 Å². The smallest absolute Gasteiger partial charge is 0.234 e. The summed E-state index contributed by atoms with van der Waals surface area (Å²) in [6.45, 7) is 0.437. The van der Waals surface area contributed by atoms with Gasteiger partial charge in [0.15, 0.2) is 0 Å². The molecule has 20 heavy (non-hydrogen) atoms. The molecule has 0 aliphatic heterocycles. The molecule has 2 aliphatic carbocycles. The molecule has 0 unspecified atom stereocenters. The van der Waals surface area contributed by atoms with Crippen molar-refractivity contribution in [2.75, 3.05) is 6.54 Å². The fourth-order valence-electron chi connectivity index (χ4n) is 3.20. The van der Waals surface area contributed by atoms with E-state index in [1.165, 1.54) is 31.2 Å². The zero-order valence-electron chi connectivity index (χ0n) is 12.0. The highest BCUT2D eigenvalue weighted by molar-refractivity contribution is 5.78. The highest BCUT2D eigenvalue weighted by Gasteiger charge is 2.32. The van der Waals surface area contributed by atoms with Gasteiger partial charge in [0.25, 0.3) is 0 Å². The summed E-state index contributed by atoms with van der Waals surface area (Å²) >= 11 is 0. The van der Waals surface area contributed by atoms with E-state index in [2.05, 4.69) is 34.9 Å². The molecule has 0 spiro atoms. The van der Waals surface area contributed by atoms with E-state index in [1.54, 1.807) is 0 Å². The summed E-state index contributed by atoms with van der Waals surface area (Å²) in [5.74, 6) is 0.857. The second-order valence-electron chi connectivity index (χ2n) is 6.16. The number of hydrogen-bond acceptors (Lipinski definition) is 2. The van der Waals surface area contributed by atoms with Gasteiger partial charge in [0, 0.05) is 12.1 Å². The average molecular weight is 272 g/mol. The van der Waals surface area contributed by atoms with E-state index in [-0.39, 0.29) is 5.91 Å². The monoisotopic (exact) mass is 272 g/mol. The number of carbonyl (C=O) groups is 1. The van der Waals surface area contributed by atoms with Gasteiger partial charge in [0.2, 0.25) is 5.91 Å². The second kappa shape index (κ2) is 6.40. The zero-order valence-corrected chi connectivity index (χ0v) is 12.0. The number of benzene rings is 1. The molecular weight excluding hydrogens is 248 g/mol. The lowest BCUT2D eigenvalue weighted by atomic mass is 10.0. The predicted octanol–water partition coefficient (Wildman–Crippen LogP) is 2.79. The van der Waals surface area contributed by atoms with Gasteiger partial charge in [-0.05, 0) is 37.2 Å². The summed E-state index contributed by atoms with van der Waals surface area (Å²) in [7, 11) is 0. The molecule has 1 aromatic rings. The third-order valence-electron chi connectivity index (χ3n) is 4.45. The summed E-state index contributed by atoms with van der Waals surface area (Å²) in [4.78, 5) is 12.0. The van der Waals surface area contributed by atoms with E-state index in [0.29, 0.717) is 24.5 Å². The maximum Gasteiger partial charge on any atom is 0.234 e. The summed E-state index contributed by atoms with van der Waals surface area (Å²) in [5, 5.41) is 6.60.